The summed E-state index contributed by atoms with van der Waals surface area (Å²) in [6.45, 7) is 4.04. The van der Waals surface area contributed by atoms with E-state index in [2.05, 4.69) is 9.74 Å². The fourth-order valence-corrected chi connectivity index (χ4v) is 2.45. The summed E-state index contributed by atoms with van der Waals surface area (Å²) in [5, 5.41) is 7.79. The molecular formula is C16H23N2O7+. The fourth-order valence-electron chi connectivity index (χ4n) is 2.45. The van der Waals surface area contributed by atoms with Crippen LogP contribution < -0.4 is 4.74 Å². The van der Waals surface area contributed by atoms with Gasteiger partial charge in [0, 0.05) is 31.6 Å². The Hall–Kier alpha value is -2.39. The first-order chi connectivity index (χ1) is 12.1. The van der Waals surface area contributed by atoms with Gasteiger partial charge >= 0.3 is 11.1 Å². The molecule has 138 valence electrons. The monoisotopic (exact) mass is 355 g/mol. The minimum atomic E-state index is -0.582. The maximum atomic E-state index is 11.7. The van der Waals surface area contributed by atoms with Gasteiger partial charge in [0.05, 0.1) is 32.5 Å². The Morgan fingerprint density at radius 2 is 2.08 bits per heavy atom. The normalized spacial score (nSPS) is 14.8. The number of ether oxygens (including phenoxy) is 3. The SMILES string of the molecule is COC(=O)c1ccc(CN2CCOCC2)c(OCCCO[N+](=O)O)c1. The minimum absolute atomic E-state index is 0.0233. The standard InChI is InChI=1S/C16H23N2O7/c1-22-16(19)13-3-4-14(12-17-5-9-23-10-6-17)15(11-13)24-7-2-8-25-18(20)21/h3-4,11H,2,5-10,12H2,1H3,(H,20,21)/q+1. The van der Waals surface area contributed by atoms with Crippen molar-refractivity contribution in [2.24, 2.45) is 0 Å². The summed E-state index contributed by atoms with van der Waals surface area (Å²) in [5.74, 6) is 0.144. The topological polar surface area (TPSA) is 97.5 Å². The summed E-state index contributed by atoms with van der Waals surface area (Å²) in [6.07, 6.45) is 0.402. The third-order valence-corrected chi connectivity index (χ3v) is 3.73. The molecule has 0 bridgehead atoms. The minimum Gasteiger partial charge on any atom is -0.493 e. The molecule has 1 N–H and O–H groups in total. The van der Waals surface area contributed by atoms with Gasteiger partial charge in [-0.15, -0.1) is 0 Å². The molecule has 1 saturated heterocycles. The van der Waals surface area contributed by atoms with Crippen LogP contribution in [0.15, 0.2) is 18.2 Å². The van der Waals surface area contributed by atoms with E-state index >= 15 is 0 Å². The van der Waals surface area contributed by atoms with Crippen LogP contribution in [0.4, 0.5) is 0 Å². The van der Waals surface area contributed by atoms with Crippen LogP contribution in [-0.4, -0.2) is 67.8 Å². The molecule has 0 atom stereocenters. The van der Waals surface area contributed by atoms with E-state index in [9.17, 15) is 9.70 Å². The van der Waals surface area contributed by atoms with Gasteiger partial charge in [0.1, 0.15) is 10.7 Å². The number of carbonyl (C=O) groups excluding carboxylic acids is 1. The number of esters is 1. The summed E-state index contributed by atoms with van der Waals surface area (Å²) in [7, 11) is 1.32. The lowest BCUT2D eigenvalue weighted by molar-refractivity contribution is -0.975. The molecule has 1 aromatic rings. The lowest BCUT2D eigenvalue weighted by Crippen LogP contribution is -2.35. The van der Waals surface area contributed by atoms with E-state index in [1.807, 2.05) is 6.07 Å². The molecule has 1 aromatic carbocycles. The molecule has 0 amide bonds. The Morgan fingerprint density at radius 1 is 1.32 bits per heavy atom. The quantitative estimate of drug-likeness (QED) is 0.401. The van der Waals surface area contributed by atoms with Gasteiger partial charge in [0.15, 0.2) is 6.61 Å². The van der Waals surface area contributed by atoms with Gasteiger partial charge in [-0.05, 0) is 12.1 Å². The number of morpholine rings is 1. The predicted molar refractivity (Wildman–Crippen MR) is 85.4 cm³/mol. The molecule has 1 aliphatic rings. The van der Waals surface area contributed by atoms with E-state index in [-0.39, 0.29) is 13.2 Å². The van der Waals surface area contributed by atoms with Gasteiger partial charge < -0.3 is 14.2 Å². The van der Waals surface area contributed by atoms with Gasteiger partial charge in [-0.1, -0.05) is 6.07 Å². The predicted octanol–water partition coefficient (Wildman–Crippen LogP) is 1.17. The number of hydrogen-bond acceptors (Lipinski definition) is 7. The zero-order chi connectivity index (χ0) is 18.1. The van der Waals surface area contributed by atoms with E-state index in [4.69, 9.17) is 19.4 Å². The van der Waals surface area contributed by atoms with Crippen LogP contribution in [0.1, 0.15) is 22.3 Å². The molecule has 9 nitrogen and oxygen atoms in total. The van der Waals surface area contributed by atoms with Crippen molar-refractivity contribution in [3.8, 4) is 5.75 Å². The lowest BCUT2D eigenvalue weighted by atomic mass is 10.1. The third kappa shape index (κ3) is 6.20. The van der Waals surface area contributed by atoms with E-state index in [0.29, 0.717) is 37.5 Å². The molecule has 0 aromatic heterocycles. The fraction of sp³-hybridized carbons (Fsp3) is 0.562. The summed E-state index contributed by atoms with van der Waals surface area (Å²) < 4.78 is 15.8. The van der Waals surface area contributed by atoms with Crippen LogP contribution in [0.2, 0.25) is 0 Å². The molecule has 0 unspecified atom stereocenters. The maximum Gasteiger partial charge on any atom is 0.475 e. The van der Waals surface area contributed by atoms with E-state index in [0.717, 1.165) is 18.7 Å². The zero-order valence-corrected chi connectivity index (χ0v) is 14.2. The van der Waals surface area contributed by atoms with Crippen molar-refractivity contribution in [1.29, 1.82) is 0 Å². The second kappa shape index (κ2) is 9.80. The molecule has 1 heterocycles. The lowest BCUT2D eigenvalue weighted by Gasteiger charge is -2.27. The van der Waals surface area contributed by atoms with Crippen LogP contribution in [0.3, 0.4) is 0 Å². The molecule has 25 heavy (non-hydrogen) atoms. The average molecular weight is 355 g/mol. The Labute approximate surface area is 145 Å². The van der Waals surface area contributed by atoms with Gasteiger partial charge in [0.25, 0.3) is 0 Å². The van der Waals surface area contributed by atoms with Crippen molar-refractivity contribution < 1.29 is 34.1 Å². The van der Waals surface area contributed by atoms with Gasteiger partial charge in [0.2, 0.25) is 0 Å². The van der Waals surface area contributed by atoms with E-state index in [1.54, 1.807) is 12.1 Å². The Morgan fingerprint density at radius 3 is 2.76 bits per heavy atom. The van der Waals surface area contributed by atoms with Crippen molar-refractivity contribution in [3.63, 3.8) is 0 Å². The number of carbonyl (C=O) groups is 1. The highest BCUT2D eigenvalue weighted by molar-refractivity contribution is 5.89. The second-order valence-corrected chi connectivity index (χ2v) is 5.48. The largest absolute Gasteiger partial charge is 0.493 e. The van der Waals surface area contributed by atoms with Gasteiger partial charge in [-0.3, -0.25) is 4.90 Å². The summed E-state index contributed by atoms with van der Waals surface area (Å²) in [6, 6.07) is 5.20. The van der Waals surface area contributed by atoms with Crippen molar-refractivity contribution in [2.45, 2.75) is 13.0 Å². The van der Waals surface area contributed by atoms with Crippen molar-refractivity contribution in [1.82, 2.24) is 4.90 Å². The summed E-state index contributed by atoms with van der Waals surface area (Å²) in [4.78, 5) is 28.6. The Balaban J connectivity index is 2.02. The first kappa shape index (κ1) is 18.9. The zero-order valence-electron chi connectivity index (χ0n) is 14.2. The molecule has 9 heteroatoms. The molecule has 0 spiro atoms. The Bertz CT molecular complexity index is 588. The molecule has 0 radical (unpaired) electrons. The van der Waals surface area contributed by atoms with Crippen molar-refractivity contribution in [2.75, 3.05) is 46.6 Å². The molecule has 0 aliphatic carbocycles. The van der Waals surface area contributed by atoms with Crippen molar-refractivity contribution >= 4 is 5.97 Å². The molecular weight excluding hydrogens is 332 g/mol. The second-order valence-electron chi connectivity index (χ2n) is 5.48. The van der Waals surface area contributed by atoms with Gasteiger partial charge in [-0.2, -0.15) is 4.84 Å². The van der Waals surface area contributed by atoms with Crippen LogP contribution >= 0.6 is 0 Å². The van der Waals surface area contributed by atoms with E-state index < -0.39 is 11.1 Å². The number of nitrogens with zero attached hydrogens (tertiary/aromatic N) is 2. The van der Waals surface area contributed by atoms with E-state index in [1.165, 1.54) is 7.11 Å². The van der Waals surface area contributed by atoms with Gasteiger partial charge in [-0.25, -0.2) is 10.0 Å². The highest BCUT2D eigenvalue weighted by Gasteiger charge is 2.16. The van der Waals surface area contributed by atoms with Crippen LogP contribution in [0.25, 0.3) is 0 Å². The molecule has 1 aliphatic heterocycles. The highest BCUT2D eigenvalue weighted by Crippen LogP contribution is 2.23. The number of methoxy groups -OCH3 is 1. The molecule has 2 rings (SSSR count). The third-order valence-electron chi connectivity index (χ3n) is 3.73. The first-order valence-electron chi connectivity index (χ1n) is 8.03. The first-order valence-corrected chi connectivity index (χ1v) is 8.03. The number of benzene rings is 1. The summed E-state index contributed by atoms with van der Waals surface area (Å²) in [5.41, 5.74) is 1.35. The smallest absolute Gasteiger partial charge is 0.475 e. The highest BCUT2D eigenvalue weighted by atomic mass is 16.9. The molecule has 1 fully saturated rings. The van der Waals surface area contributed by atoms with Crippen LogP contribution in [0, 0.1) is 4.91 Å². The number of rotatable bonds is 9. The van der Waals surface area contributed by atoms with Crippen molar-refractivity contribution in [3.05, 3.63) is 34.2 Å². The molecule has 0 saturated carbocycles. The average Bonchev–Trinajstić information content (AvgIpc) is 2.62. The summed E-state index contributed by atoms with van der Waals surface area (Å²) >= 11 is 0. The van der Waals surface area contributed by atoms with Crippen LogP contribution in [0.5, 0.6) is 5.75 Å². The van der Waals surface area contributed by atoms with Crippen LogP contribution in [-0.2, 0) is 20.9 Å². The number of hydrogen-bond donors (Lipinski definition) is 1. The maximum absolute atomic E-state index is 11.7. The Kier molecular flexibility index (Phi) is 7.42.